The summed E-state index contributed by atoms with van der Waals surface area (Å²) in [7, 11) is 0. The molecule has 0 atom stereocenters. The third-order valence-corrected chi connectivity index (χ3v) is 2.56. The zero-order valence-electron chi connectivity index (χ0n) is 7.85. The van der Waals surface area contributed by atoms with E-state index in [0.717, 1.165) is 5.39 Å². The number of pyridine rings is 1. The number of aryl methyl sites for hydroxylation is 1. The van der Waals surface area contributed by atoms with Gasteiger partial charge in [-0.25, -0.2) is 15.0 Å². The van der Waals surface area contributed by atoms with Crippen molar-refractivity contribution >= 4 is 22.7 Å². The monoisotopic (exact) mass is 207 g/mol. The maximum atomic E-state index is 9.80. The van der Waals surface area contributed by atoms with Gasteiger partial charge < -0.3 is 5.11 Å². The molecule has 0 unspecified atom stereocenters. The first kappa shape index (κ1) is 9.21. The predicted octanol–water partition coefficient (Wildman–Crippen LogP) is 1.76. The molecular formula is C9H9N3OS. The normalized spacial score (nSPS) is 10.7. The standard InChI is InChI=1S/C9H9N3OS/c1-5-10-3-6-4-11-9(14-2)8(13)7(6)12-5/h3-4,13H,1-2H3. The maximum Gasteiger partial charge on any atom is 0.174 e. The van der Waals surface area contributed by atoms with Gasteiger partial charge in [-0.3, -0.25) is 0 Å². The summed E-state index contributed by atoms with van der Waals surface area (Å²) in [5.74, 6) is 0.784. The Kier molecular flexibility index (Phi) is 2.25. The first-order valence-electron chi connectivity index (χ1n) is 4.07. The number of hydrogen-bond acceptors (Lipinski definition) is 5. The second kappa shape index (κ2) is 3.42. The fourth-order valence-electron chi connectivity index (χ4n) is 1.20. The summed E-state index contributed by atoms with van der Waals surface area (Å²) in [6.07, 6.45) is 5.19. The van der Waals surface area contributed by atoms with Crippen molar-refractivity contribution in [3.63, 3.8) is 0 Å². The van der Waals surface area contributed by atoms with E-state index in [4.69, 9.17) is 0 Å². The molecule has 0 saturated heterocycles. The molecule has 72 valence electrons. The van der Waals surface area contributed by atoms with Crippen molar-refractivity contribution in [2.24, 2.45) is 0 Å². The van der Waals surface area contributed by atoms with Crippen molar-refractivity contribution in [2.45, 2.75) is 11.9 Å². The van der Waals surface area contributed by atoms with E-state index in [-0.39, 0.29) is 5.75 Å². The fraction of sp³-hybridized carbons (Fsp3) is 0.222. The van der Waals surface area contributed by atoms with Crippen molar-refractivity contribution in [3.05, 3.63) is 18.2 Å². The molecular weight excluding hydrogens is 198 g/mol. The molecule has 14 heavy (non-hydrogen) atoms. The van der Waals surface area contributed by atoms with Crippen LogP contribution in [0.25, 0.3) is 10.9 Å². The number of rotatable bonds is 1. The lowest BCUT2D eigenvalue weighted by Crippen LogP contribution is -1.90. The highest BCUT2D eigenvalue weighted by Gasteiger charge is 2.08. The zero-order chi connectivity index (χ0) is 10.1. The molecule has 0 aliphatic heterocycles. The van der Waals surface area contributed by atoms with E-state index < -0.39 is 0 Å². The lowest BCUT2D eigenvalue weighted by molar-refractivity contribution is 0.462. The lowest BCUT2D eigenvalue weighted by Gasteiger charge is -2.03. The van der Waals surface area contributed by atoms with Crippen LogP contribution in [-0.2, 0) is 0 Å². The van der Waals surface area contributed by atoms with Gasteiger partial charge in [-0.2, -0.15) is 0 Å². The first-order chi connectivity index (χ1) is 6.72. The Morgan fingerprint density at radius 3 is 2.71 bits per heavy atom. The topological polar surface area (TPSA) is 58.9 Å². The van der Waals surface area contributed by atoms with Crippen LogP contribution in [0.2, 0.25) is 0 Å². The third kappa shape index (κ3) is 1.39. The molecule has 0 radical (unpaired) electrons. The second-order valence-electron chi connectivity index (χ2n) is 2.84. The predicted molar refractivity (Wildman–Crippen MR) is 55.5 cm³/mol. The number of thioether (sulfide) groups is 1. The summed E-state index contributed by atoms with van der Waals surface area (Å²) in [5, 5.41) is 11.1. The number of aromatic nitrogens is 3. The van der Waals surface area contributed by atoms with Crippen molar-refractivity contribution in [1.82, 2.24) is 15.0 Å². The molecule has 1 N–H and O–H groups in total. The molecule has 0 amide bonds. The summed E-state index contributed by atoms with van der Waals surface area (Å²) in [5.41, 5.74) is 0.567. The van der Waals surface area contributed by atoms with Gasteiger partial charge in [0.1, 0.15) is 16.4 Å². The van der Waals surface area contributed by atoms with Crippen LogP contribution in [0.4, 0.5) is 0 Å². The summed E-state index contributed by atoms with van der Waals surface area (Å²) in [6.45, 7) is 1.79. The van der Waals surface area contributed by atoms with Gasteiger partial charge >= 0.3 is 0 Å². The average molecular weight is 207 g/mol. The number of fused-ring (bicyclic) bond motifs is 1. The largest absolute Gasteiger partial charge is 0.503 e. The molecule has 5 heteroatoms. The smallest absolute Gasteiger partial charge is 0.174 e. The van der Waals surface area contributed by atoms with Crippen LogP contribution < -0.4 is 0 Å². The molecule has 0 fully saturated rings. The minimum absolute atomic E-state index is 0.139. The SMILES string of the molecule is CSc1ncc2cnc(C)nc2c1O. The third-order valence-electron chi connectivity index (χ3n) is 1.88. The van der Waals surface area contributed by atoms with Crippen LogP contribution in [0, 0.1) is 6.92 Å². The van der Waals surface area contributed by atoms with E-state index in [9.17, 15) is 5.11 Å². The van der Waals surface area contributed by atoms with Gasteiger partial charge in [0, 0.05) is 17.8 Å². The van der Waals surface area contributed by atoms with Gasteiger partial charge in [-0.05, 0) is 13.2 Å². The van der Waals surface area contributed by atoms with E-state index in [1.165, 1.54) is 11.8 Å². The zero-order valence-corrected chi connectivity index (χ0v) is 8.67. The van der Waals surface area contributed by atoms with E-state index in [0.29, 0.717) is 16.4 Å². The van der Waals surface area contributed by atoms with Crippen molar-refractivity contribution < 1.29 is 5.11 Å². The summed E-state index contributed by atoms with van der Waals surface area (Å²) in [4.78, 5) is 12.3. The second-order valence-corrected chi connectivity index (χ2v) is 3.63. The molecule has 2 aromatic rings. The quantitative estimate of drug-likeness (QED) is 0.722. The van der Waals surface area contributed by atoms with Crippen molar-refractivity contribution in [3.8, 4) is 5.75 Å². The molecule has 2 heterocycles. The molecule has 0 aliphatic carbocycles. The highest BCUT2D eigenvalue weighted by atomic mass is 32.2. The van der Waals surface area contributed by atoms with Crippen LogP contribution >= 0.6 is 11.8 Å². The Bertz CT molecular complexity index is 487. The molecule has 2 aromatic heterocycles. The Balaban J connectivity index is 2.79. The van der Waals surface area contributed by atoms with E-state index in [1.807, 2.05) is 6.26 Å². The van der Waals surface area contributed by atoms with Gasteiger partial charge in [-0.15, -0.1) is 11.8 Å². The Labute approximate surface area is 85.4 Å². The molecule has 0 saturated carbocycles. The molecule has 0 bridgehead atoms. The van der Waals surface area contributed by atoms with E-state index in [1.54, 1.807) is 19.3 Å². The highest BCUT2D eigenvalue weighted by molar-refractivity contribution is 7.98. The van der Waals surface area contributed by atoms with Crippen molar-refractivity contribution in [1.29, 1.82) is 0 Å². The van der Waals surface area contributed by atoms with E-state index >= 15 is 0 Å². The Morgan fingerprint density at radius 1 is 1.29 bits per heavy atom. The molecule has 0 aromatic carbocycles. The Hall–Kier alpha value is -1.36. The van der Waals surface area contributed by atoms with Gasteiger partial charge in [0.2, 0.25) is 0 Å². The minimum Gasteiger partial charge on any atom is -0.503 e. The van der Waals surface area contributed by atoms with Gasteiger partial charge in [0.05, 0.1) is 0 Å². The molecule has 0 aliphatic rings. The minimum atomic E-state index is 0.139. The number of nitrogens with zero attached hydrogens (tertiary/aromatic N) is 3. The maximum absolute atomic E-state index is 9.80. The molecule has 4 nitrogen and oxygen atoms in total. The Morgan fingerprint density at radius 2 is 2.00 bits per heavy atom. The first-order valence-corrected chi connectivity index (χ1v) is 5.30. The van der Waals surface area contributed by atoms with Gasteiger partial charge in [0.15, 0.2) is 5.75 Å². The lowest BCUT2D eigenvalue weighted by atomic mass is 10.3. The summed E-state index contributed by atoms with van der Waals surface area (Å²) < 4.78 is 0. The average Bonchev–Trinajstić information content (AvgIpc) is 2.20. The van der Waals surface area contributed by atoms with Crippen LogP contribution in [0.3, 0.4) is 0 Å². The summed E-state index contributed by atoms with van der Waals surface area (Å²) in [6, 6.07) is 0. The molecule has 0 spiro atoms. The van der Waals surface area contributed by atoms with Crippen LogP contribution in [0.15, 0.2) is 17.4 Å². The van der Waals surface area contributed by atoms with Gasteiger partial charge in [-0.1, -0.05) is 0 Å². The van der Waals surface area contributed by atoms with Crippen LogP contribution in [0.1, 0.15) is 5.82 Å². The fourth-order valence-corrected chi connectivity index (χ4v) is 1.65. The van der Waals surface area contributed by atoms with Gasteiger partial charge in [0.25, 0.3) is 0 Å². The van der Waals surface area contributed by atoms with E-state index in [2.05, 4.69) is 15.0 Å². The number of aromatic hydroxyl groups is 1. The summed E-state index contributed by atoms with van der Waals surface area (Å²) >= 11 is 1.39. The van der Waals surface area contributed by atoms with Crippen LogP contribution in [0.5, 0.6) is 5.75 Å². The van der Waals surface area contributed by atoms with Crippen molar-refractivity contribution in [2.75, 3.05) is 6.26 Å². The highest BCUT2D eigenvalue weighted by Crippen LogP contribution is 2.30. The number of hydrogen-bond donors (Lipinski definition) is 1. The van der Waals surface area contributed by atoms with Crippen LogP contribution in [-0.4, -0.2) is 26.3 Å². The molecule has 2 rings (SSSR count).